The van der Waals surface area contributed by atoms with E-state index in [9.17, 15) is 4.79 Å². The minimum atomic E-state index is -0.0652. The minimum absolute atomic E-state index is 0.0230. The largest absolute Gasteiger partial charge is 0.383 e. The lowest BCUT2D eigenvalue weighted by atomic mass is 9.92. The van der Waals surface area contributed by atoms with Gasteiger partial charge in [-0.25, -0.2) is 9.97 Å². The van der Waals surface area contributed by atoms with Gasteiger partial charge in [0.1, 0.15) is 12.1 Å². The molecule has 6 nitrogen and oxygen atoms in total. The highest BCUT2D eigenvalue weighted by molar-refractivity contribution is 5.79. The van der Waals surface area contributed by atoms with E-state index in [1.54, 1.807) is 6.20 Å². The van der Waals surface area contributed by atoms with Crippen LogP contribution in [0.2, 0.25) is 0 Å². The summed E-state index contributed by atoms with van der Waals surface area (Å²) < 4.78 is 5.63. The molecule has 0 radical (unpaired) electrons. The summed E-state index contributed by atoms with van der Waals surface area (Å²) in [5.41, 5.74) is 6.45. The van der Waals surface area contributed by atoms with Crippen molar-refractivity contribution in [2.75, 3.05) is 12.3 Å². The van der Waals surface area contributed by atoms with Gasteiger partial charge in [0.2, 0.25) is 5.91 Å². The van der Waals surface area contributed by atoms with Crippen molar-refractivity contribution in [3.05, 3.63) is 18.1 Å². The van der Waals surface area contributed by atoms with Crippen molar-refractivity contribution >= 4 is 11.7 Å². The van der Waals surface area contributed by atoms with E-state index in [1.165, 1.54) is 6.33 Å². The summed E-state index contributed by atoms with van der Waals surface area (Å²) in [5.74, 6) is 0.363. The van der Waals surface area contributed by atoms with Gasteiger partial charge in [0.05, 0.1) is 12.0 Å². The molecule has 0 unspecified atom stereocenters. The molecule has 0 aliphatic carbocycles. The third-order valence-electron chi connectivity index (χ3n) is 3.46. The van der Waals surface area contributed by atoms with Crippen LogP contribution >= 0.6 is 0 Å². The highest BCUT2D eigenvalue weighted by Crippen LogP contribution is 2.23. The average molecular weight is 264 g/mol. The van der Waals surface area contributed by atoms with Crippen LogP contribution in [-0.2, 0) is 16.1 Å². The monoisotopic (exact) mass is 264 g/mol. The van der Waals surface area contributed by atoms with E-state index in [-0.39, 0.29) is 17.9 Å². The maximum atomic E-state index is 12.2. The first-order valence-electron chi connectivity index (χ1n) is 6.66. The van der Waals surface area contributed by atoms with E-state index in [0.717, 1.165) is 31.4 Å². The van der Waals surface area contributed by atoms with E-state index in [4.69, 9.17) is 10.5 Å². The van der Waals surface area contributed by atoms with Gasteiger partial charge in [-0.05, 0) is 19.3 Å². The van der Waals surface area contributed by atoms with Crippen LogP contribution < -0.4 is 11.1 Å². The fourth-order valence-corrected chi connectivity index (χ4v) is 2.36. The van der Waals surface area contributed by atoms with Crippen LogP contribution in [0.3, 0.4) is 0 Å². The number of ether oxygens (including phenoxy) is 1. The molecule has 6 heteroatoms. The average Bonchev–Trinajstić information content (AvgIpc) is 2.46. The Kier molecular flexibility index (Phi) is 4.68. The number of rotatable bonds is 4. The summed E-state index contributed by atoms with van der Waals surface area (Å²) in [6, 6.07) is 0. The second-order valence-corrected chi connectivity index (χ2v) is 4.72. The van der Waals surface area contributed by atoms with Crippen LogP contribution in [0, 0.1) is 5.92 Å². The number of hydrogen-bond donors (Lipinski definition) is 2. The van der Waals surface area contributed by atoms with Crippen LogP contribution in [-0.4, -0.2) is 28.6 Å². The Morgan fingerprint density at radius 3 is 3.21 bits per heavy atom. The quantitative estimate of drug-likeness (QED) is 0.842. The molecule has 0 saturated carbocycles. The van der Waals surface area contributed by atoms with E-state index < -0.39 is 0 Å². The topological polar surface area (TPSA) is 90.1 Å². The van der Waals surface area contributed by atoms with Crippen LogP contribution in [0.1, 0.15) is 31.7 Å². The van der Waals surface area contributed by atoms with E-state index in [0.29, 0.717) is 12.4 Å². The van der Waals surface area contributed by atoms with Crippen LogP contribution in [0.4, 0.5) is 5.82 Å². The highest BCUT2D eigenvalue weighted by Gasteiger charge is 2.30. The number of hydrogen-bond acceptors (Lipinski definition) is 5. The second kappa shape index (κ2) is 6.47. The van der Waals surface area contributed by atoms with Gasteiger partial charge in [-0.1, -0.05) is 6.92 Å². The van der Waals surface area contributed by atoms with Gasteiger partial charge in [-0.3, -0.25) is 4.79 Å². The molecule has 1 amide bonds. The van der Waals surface area contributed by atoms with Gasteiger partial charge in [0.15, 0.2) is 0 Å². The first kappa shape index (κ1) is 13.7. The van der Waals surface area contributed by atoms with E-state index in [2.05, 4.69) is 15.3 Å². The lowest BCUT2D eigenvalue weighted by Gasteiger charge is -2.30. The summed E-state index contributed by atoms with van der Waals surface area (Å²) >= 11 is 0. The van der Waals surface area contributed by atoms with Crippen LogP contribution in [0.15, 0.2) is 12.5 Å². The van der Waals surface area contributed by atoms with E-state index >= 15 is 0 Å². The fourth-order valence-electron chi connectivity index (χ4n) is 2.36. The predicted octanol–water partition coefficient (Wildman–Crippen LogP) is 0.880. The van der Waals surface area contributed by atoms with Gasteiger partial charge >= 0.3 is 0 Å². The maximum Gasteiger partial charge on any atom is 0.226 e. The number of anilines is 1. The summed E-state index contributed by atoms with van der Waals surface area (Å²) in [6.07, 6.45) is 5.71. The third kappa shape index (κ3) is 3.41. The number of nitrogens with two attached hydrogens (primary N) is 1. The Labute approximate surface area is 112 Å². The zero-order valence-electron chi connectivity index (χ0n) is 11.1. The molecule has 0 aromatic carbocycles. The van der Waals surface area contributed by atoms with Crippen molar-refractivity contribution in [2.45, 2.75) is 38.8 Å². The van der Waals surface area contributed by atoms with Crippen molar-refractivity contribution < 1.29 is 9.53 Å². The second-order valence-electron chi connectivity index (χ2n) is 4.72. The third-order valence-corrected chi connectivity index (χ3v) is 3.46. The molecule has 2 heterocycles. The van der Waals surface area contributed by atoms with Gasteiger partial charge in [-0.2, -0.15) is 0 Å². The number of nitrogens with zero attached hydrogens (tertiary/aromatic N) is 2. The molecule has 0 spiro atoms. The predicted molar refractivity (Wildman–Crippen MR) is 71.0 cm³/mol. The number of carbonyl (C=O) groups is 1. The number of amides is 1. The van der Waals surface area contributed by atoms with Crippen LogP contribution in [0.25, 0.3) is 0 Å². The number of aromatic nitrogens is 2. The molecule has 3 N–H and O–H groups in total. The molecule has 2 atom stereocenters. The molecule has 1 aromatic rings. The SMILES string of the molecule is CC[C@H]1OCCC[C@@H]1C(=O)NCc1cncnc1N. The lowest BCUT2D eigenvalue weighted by molar-refractivity contribution is -0.134. The summed E-state index contributed by atoms with van der Waals surface area (Å²) in [7, 11) is 0. The van der Waals surface area contributed by atoms with Crippen molar-refractivity contribution in [2.24, 2.45) is 5.92 Å². The molecule has 1 aliphatic heterocycles. The smallest absolute Gasteiger partial charge is 0.226 e. The first-order valence-corrected chi connectivity index (χ1v) is 6.66. The minimum Gasteiger partial charge on any atom is -0.383 e. The summed E-state index contributed by atoms with van der Waals surface area (Å²) in [6.45, 7) is 3.15. The van der Waals surface area contributed by atoms with Crippen LogP contribution in [0.5, 0.6) is 0 Å². The van der Waals surface area contributed by atoms with Crippen molar-refractivity contribution in [3.8, 4) is 0 Å². The fraction of sp³-hybridized carbons (Fsp3) is 0.615. The molecule has 104 valence electrons. The maximum absolute atomic E-state index is 12.2. The van der Waals surface area contributed by atoms with Crippen molar-refractivity contribution in [1.82, 2.24) is 15.3 Å². The molecule has 1 fully saturated rings. The Morgan fingerprint density at radius 2 is 2.47 bits per heavy atom. The van der Waals surface area contributed by atoms with Gasteiger partial charge in [-0.15, -0.1) is 0 Å². The molecular weight excluding hydrogens is 244 g/mol. The standard InChI is InChI=1S/C13H20N4O2/c1-2-11-10(4-3-5-19-11)13(18)16-7-9-6-15-8-17-12(9)14/h6,8,10-11H,2-5,7H2,1H3,(H,16,18)(H2,14,15,17)/t10-,11+/m0/s1. The highest BCUT2D eigenvalue weighted by atomic mass is 16.5. The number of nitrogen functional groups attached to an aromatic ring is 1. The summed E-state index contributed by atoms with van der Waals surface area (Å²) in [5, 5.41) is 2.89. The van der Waals surface area contributed by atoms with E-state index in [1.807, 2.05) is 6.92 Å². The lowest BCUT2D eigenvalue weighted by Crippen LogP contribution is -2.41. The Hall–Kier alpha value is -1.69. The Bertz CT molecular complexity index is 438. The normalized spacial score (nSPS) is 23.0. The zero-order valence-corrected chi connectivity index (χ0v) is 11.1. The molecule has 0 bridgehead atoms. The molecular formula is C13H20N4O2. The Morgan fingerprint density at radius 1 is 1.63 bits per heavy atom. The van der Waals surface area contributed by atoms with Gasteiger partial charge < -0.3 is 15.8 Å². The molecule has 1 saturated heterocycles. The molecule has 2 rings (SSSR count). The summed E-state index contributed by atoms with van der Waals surface area (Å²) in [4.78, 5) is 20.0. The molecule has 1 aliphatic rings. The number of nitrogens with one attached hydrogen (secondary N) is 1. The zero-order chi connectivity index (χ0) is 13.7. The van der Waals surface area contributed by atoms with Gasteiger partial charge in [0.25, 0.3) is 0 Å². The van der Waals surface area contributed by atoms with Gasteiger partial charge in [0, 0.05) is 24.9 Å². The van der Waals surface area contributed by atoms with Crippen molar-refractivity contribution in [3.63, 3.8) is 0 Å². The Balaban J connectivity index is 1.92. The van der Waals surface area contributed by atoms with Crippen molar-refractivity contribution in [1.29, 1.82) is 0 Å². The first-order chi connectivity index (χ1) is 9.22. The number of carbonyl (C=O) groups excluding carboxylic acids is 1. The molecule has 1 aromatic heterocycles. The molecule has 19 heavy (non-hydrogen) atoms.